The zero-order valence-electron chi connectivity index (χ0n) is 18.5. The lowest BCUT2D eigenvalue weighted by molar-refractivity contribution is -0.140. The van der Waals surface area contributed by atoms with E-state index in [1.54, 1.807) is 30.3 Å². The number of aliphatic hydroxyl groups is 2. The molecular weight excluding hydrogens is 430 g/mol. The van der Waals surface area contributed by atoms with Gasteiger partial charge in [0, 0.05) is 12.1 Å². The monoisotopic (exact) mass is 457 g/mol. The van der Waals surface area contributed by atoms with Gasteiger partial charge in [0.25, 0.3) is 11.7 Å². The average Bonchev–Trinajstić information content (AvgIpc) is 3.07. The normalized spacial score (nSPS) is 17.4. The van der Waals surface area contributed by atoms with Crippen molar-refractivity contribution in [2.24, 2.45) is 0 Å². The number of carbonyl (C=O) groups excluding carboxylic acids is 2. The second-order valence-electron chi connectivity index (χ2n) is 7.22. The number of likely N-dealkylation sites (tertiary alicyclic amines) is 1. The number of phenols is 1. The molecule has 0 bridgehead atoms. The van der Waals surface area contributed by atoms with Gasteiger partial charge in [-0.05, 0) is 48.9 Å². The van der Waals surface area contributed by atoms with Gasteiger partial charge in [0.05, 0.1) is 45.2 Å². The summed E-state index contributed by atoms with van der Waals surface area (Å²) in [5.74, 6) is -1.28. The second kappa shape index (κ2) is 10.8. The van der Waals surface area contributed by atoms with Crippen LogP contribution >= 0.6 is 0 Å². The van der Waals surface area contributed by atoms with Crippen LogP contribution in [0.5, 0.6) is 17.2 Å². The Morgan fingerprint density at radius 1 is 1.09 bits per heavy atom. The van der Waals surface area contributed by atoms with Gasteiger partial charge in [0.1, 0.15) is 11.5 Å². The van der Waals surface area contributed by atoms with Crippen molar-refractivity contribution in [2.75, 3.05) is 40.1 Å². The van der Waals surface area contributed by atoms with Gasteiger partial charge in [-0.3, -0.25) is 9.59 Å². The van der Waals surface area contributed by atoms with Crippen LogP contribution in [-0.4, -0.2) is 72.0 Å². The van der Waals surface area contributed by atoms with Crippen molar-refractivity contribution >= 4 is 17.4 Å². The number of aromatic hydroxyl groups is 1. The summed E-state index contributed by atoms with van der Waals surface area (Å²) in [6.07, 6.45) is 0. The van der Waals surface area contributed by atoms with Crippen LogP contribution in [0.4, 0.5) is 0 Å². The van der Waals surface area contributed by atoms with E-state index in [2.05, 4.69) is 0 Å². The van der Waals surface area contributed by atoms with Crippen molar-refractivity contribution in [3.05, 3.63) is 59.2 Å². The summed E-state index contributed by atoms with van der Waals surface area (Å²) in [5, 5.41) is 30.0. The van der Waals surface area contributed by atoms with Crippen molar-refractivity contribution in [2.45, 2.75) is 13.0 Å². The molecule has 1 amide bonds. The minimum atomic E-state index is -0.927. The Morgan fingerprint density at radius 2 is 1.82 bits per heavy atom. The Labute approximate surface area is 191 Å². The number of ether oxygens (including phenoxy) is 3. The van der Waals surface area contributed by atoms with E-state index < -0.39 is 17.7 Å². The Balaban J connectivity index is 2.08. The van der Waals surface area contributed by atoms with Crippen molar-refractivity contribution in [3.8, 4) is 17.2 Å². The minimum Gasteiger partial charge on any atom is -0.507 e. The van der Waals surface area contributed by atoms with Crippen LogP contribution in [0.15, 0.2) is 48.0 Å². The lowest BCUT2D eigenvalue weighted by Gasteiger charge is -2.25. The van der Waals surface area contributed by atoms with Gasteiger partial charge in [-0.1, -0.05) is 6.07 Å². The maximum absolute atomic E-state index is 13.0. The maximum atomic E-state index is 13.0. The summed E-state index contributed by atoms with van der Waals surface area (Å²) in [5.41, 5.74) is 0.737. The summed E-state index contributed by atoms with van der Waals surface area (Å²) in [6, 6.07) is 10.1. The minimum absolute atomic E-state index is 0.0541. The van der Waals surface area contributed by atoms with Gasteiger partial charge in [0.15, 0.2) is 11.5 Å². The summed E-state index contributed by atoms with van der Waals surface area (Å²) in [7, 11) is 1.39. The first kappa shape index (κ1) is 24.1. The van der Waals surface area contributed by atoms with Crippen molar-refractivity contribution in [1.29, 1.82) is 0 Å². The number of amides is 1. The Bertz CT molecular complexity index is 1030. The fourth-order valence-electron chi connectivity index (χ4n) is 3.68. The zero-order valence-corrected chi connectivity index (χ0v) is 18.5. The first-order valence-corrected chi connectivity index (χ1v) is 10.5. The highest BCUT2D eigenvalue weighted by Gasteiger charge is 2.46. The molecular formula is C24H27NO8. The van der Waals surface area contributed by atoms with Crippen LogP contribution < -0.4 is 9.47 Å². The number of carbonyl (C=O) groups is 2. The van der Waals surface area contributed by atoms with Crippen LogP contribution in [0.2, 0.25) is 0 Å². The average molecular weight is 457 g/mol. The highest BCUT2D eigenvalue weighted by molar-refractivity contribution is 6.46. The summed E-state index contributed by atoms with van der Waals surface area (Å²) in [4.78, 5) is 27.2. The molecule has 3 N–H and O–H groups in total. The van der Waals surface area contributed by atoms with Crippen LogP contribution in [0.1, 0.15) is 24.1 Å². The molecule has 0 spiro atoms. The zero-order chi connectivity index (χ0) is 24.0. The molecule has 1 atom stereocenters. The first-order valence-electron chi connectivity index (χ1n) is 10.5. The van der Waals surface area contributed by atoms with Crippen molar-refractivity contribution < 1.29 is 39.1 Å². The van der Waals surface area contributed by atoms with Crippen LogP contribution in [0.3, 0.4) is 0 Å². The molecule has 9 heteroatoms. The molecule has 33 heavy (non-hydrogen) atoms. The largest absolute Gasteiger partial charge is 0.507 e. The fourth-order valence-corrected chi connectivity index (χ4v) is 3.68. The van der Waals surface area contributed by atoms with E-state index in [-0.39, 0.29) is 49.2 Å². The summed E-state index contributed by atoms with van der Waals surface area (Å²) >= 11 is 0. The molecule has 1 fully saturated rings. The van der Waals surface area contributed by atoms with Crippen LogP contribution in [0.25, 0.3) is 5.76 Å². The lowest BCUT2D eigenvalue weighted by Crippen LogP contribution is -2.33. The molecule has 1 heterocycles. The maximum Gasteiger partial charge on any atom is 0.295 e. The highest BCUT2D eigenvalue weighted by Crippen LogP contribution is 2.41. The van der Waals surface area contributed by atoms with E-state index in [0.717, 1.165) is 0 Å². The van der Waals surface area contributed by atoms with E-state index in [1.165, 1.54) is 24.1 Å². The van der Waals surface area contributed by atoms with Gasteiger partial charge < -0.3 is 34.4 Å². The molecule has 0 aromatic heterocycles. The number of rotatable bonds is 10. The number of aliphatic hydroxyl groups excluding tert-OH is 2. The van der Waals surface area contributed by atoms with Gasteiger partial charge in [-0.25, -0.2) is 0 Å². The Hall–Kier alpha value is -3.56. The van der Waals surface area contributed by atoms with Crippen molar-refractivity contribution in [1.82, 2.24) is 4.90 Å². The molecule has 0 saturated carbocycles. The van der Waals surface area contributed by atoms with E-state index in [4.69, 9.17) is 19.3 Å². The molecule has 1 aliphatic rings. The first-order chi connectivity index (χ1) is 15.9. The van der Waals surface area contributed by atoms with Gasteiger partial charge in [-0.2, -0.15) is 0 Å². The molecule has 1 saturated heterocycles. The Morgan fingerprint density at radius 3 is 2.45 bits per heavy atom. The summed E-state index contributed by atoms with van der Waals surface area (Å²) in [6.45, 7) is 2.40. The van der Waals surface area contributed by atoms with Gasteiger partial charge in [0.2, 0.25) is 0 Å². The number of Topliss-reactive ketones (excluding diaryl/α,β-unsaturated/α-hetero) is 1. The highest BCUT2D eigenvalue weighted by atomic mass is 16.5. The van der Waals surface area contributed by atoms with Gasteiger partial charge in [-0.15, -0.1) is 0 Å². The van der Waals surface area contributed by atoms with Crippen molar-refractivity contribution in [3.63, 3.8) is 0 Å². The molecule has 176 valence electrons. The molecule has 3 rings (SSSR count). The predicted molar refractivity (Wildman–Crippen MR) is 119 cm³/mol. The SMILES string of the molecule is CCOc1ccc(/C(O)=C2\C(=O)C(=O)N(CCOCCO)C2c2ccc(O)c(OC)c2)cc1. The third-order valence-electron chi connectivity index (χ3n) is 5.21. The number of phenolic OH excluding ortho intramolecular Hbond substituents is 1. The third-order valence-corrected chi connectivity index (χ3v) is 5.21. The fraction of sp³-hybridized carbons (Fsp3) is 0.333. The summed E-state index contributed by atoms with van der Waals surface area (Å²) < 4.78 is 15.9. The third kappa shape index (κ3) is 5.10. The molecule has 2 aromatic carbocycles. The number of hydrogen-bond acceptors (Lipinski definition) is 8. The molecule has 1 aliphatic heterocycles. The lowest BCUT2D eigenvalue weighted by atomic mass is 9.95. The van der Waals surface area contributed by atoms with E-state index in [9.17, 15) is 19.8 Å². The molecule has 0 radical (unpaired) electrons. The predicted octanol–water partition coefficient (Wildman–Crippen LogP) is 2.23. The topological polar surface area (TPSA) is 126 Å². The second-order valence-corrected chi connectivity index (χ2v) is 7.22. The smallest absolute Gasteiger partial charge is 0.295 e. The molecule has 0 aliphatic carbocycles. The van der Waals surface area contributed by atoms with Gasteiger partial charge >= 0.3 is 0 Å². The van der Waals surface area contributed by atoms with E-state index in [1.807, 2.05) is 6.92 Å². The van der Waals surface area contributed by atoms with E-state index in [0.29, 0.717) is 23.5 Å². The molecule has 2 aromatic rings. The van der Waals surface area contributed by atoms with Crippen LogP contribution in [0, 0.1) is 0 Å². The molecule has 1 unspecified atom stereocenters. The van der Waals surface area contributed by atoms with Crippen LogP contribution in [-0.2, 0) is 14.3 Å². The Kier molecular flexibility index (Phi) is 7.92. The van der Waals surface area contributed by atoms with E-state index >= 15 is 0 Å². The quantitative estimate of drug-likeness (QED) is 0.215. The standard InChI is InChI=1S/C24H27NO8/c1-3-33-17-7-4-15(5-8-17)22(28)20-21(16-6-9-18(27)19(14-16)31-2)25(24(30)23(20)29)10-12-32-13-11-26/h4-9,14,21,26-28H,3,10-13H2,1-2H3/b22-20+. The number of hydrogen-bond donors (Lipinski definition) is 3. The number of methoxy groups -OCH3 is 1. The number of benzene rings is 2. The number of nitrogens with zero attached hydrogens (tertiary/aromatic N) is 1. The number of ketones is 1. The molecule has 9 nitrogen and oxygen atoms in total.